The Morgan fingerprint density at radius 2 is 1.75 bits per heavy atom. The highest BCUT2D eigenvalue weighted by Crippen LogP contribution is 2.38. The fourth-order valence-electron chi connectivity index (χ4n) is 6.25. The van der Waals surface area contributed by atoms with Crippen molar-refractivity contribution < 1.29 is 8.78 Å². The van der Waals surface area contributed by atoms with E-state index < -0.39 is 11.9 Å². The molecule has 0 saturated carbocycles. The Kier molecular flexibility index (Phi) is 7.54. The van der Waals surface area contributed by atoms with Gasteiger partial charge in [0.2, 0.25) is 0 Å². The summed E-state index contributed by atoms with van der Waals surface area (Å²) in [5.74, 6) is -0.331. The molecule has 2 aromatic heterocycles. The second kappa shape index (κ2) is 11.7. The molecule has 222 valence electrons. The molecule has 5 heterocycles. The lowest BCUT2D eigenvalue weighted by Gasteiger charge is -2.44. The molecule has 5 aromatic rings. The van der Waals surface area contributed by atoms with Gasteiger partial charge < -0.3 is 15.5 Å². The molecule has 1 unspecified atom stereocenters. The zero-order valence-corrected chi connectivity index (χ0v) is 24.8. The average molecular weight is 632 g/mol. The van der Waals surface area contributed by atoms with Gasteiger partial charge >= 0.3 is 0 Å². The Balaban J connectivity index is 1.28. The average Bonchev–Trinajstić information content (AvgIpc) is 3.53. The first kappa shape index (κ1) is 28.5. The minimum Gasteiger partial charge on any atom is -0.373 e. The number of nitrogens with zero attached hydrogens (tertiary/aromatic N) is 6. The summed E-state index contributed by atoms with van der Waals surface area (Å²) in [6.07, 6.45) is 5.70. The van der Waals surface area contributed by atoms with E-state index in [9.17, 15) is 14.0 Å². The van der Waals surface area contributed by atoms with Crippen molar-refractivity contribution in [3.8, 4) is 6.07 Å². The van der Waals surface area contributed by atoms with Crippen LogP contribution < -0.4 is 10.6 Å². The third kappa shape index (κ3) is 5.43. The van der Waals surface area contributed by atoms with Crippen LogP contribution in [0.25, 0.3) is 10.9 Å². The summed E-state index contributed by atoms with van der Waals surface area (Å²) >= 11 is 12.8. The summed E-state index contributed by atoms with van der Waals surface area (Å²) in [6, 6.07) is 16.0. The van der Waals surface area contributed by atoms with E-state index >= 15 is 0 Å². The lowest BCUT2D eigenvalue weighted by Crippen LogP contribution is -2.48. The van der Waals surface area contributed by atoms with Gasteiger partial charge in [-0.2, -0.15) is 5.26 Å². The van der Waals surface area contributed by atoms with Crippen LogP contribution in [0.3, 0.4) is 0 Å². The zero-order chi connectivity index (χ0) is 30.4. The van der Waals surface area contributed by atoms with Crippen molar-refractivity contribution in [3.05, 3.63) is 105 Å². The Morgan fingerprint density at radius 3 is 2.45 bits per heavy atom. The largest absolute Gasteiger partial charge is 0.373 e. The molecule has 0 radical (unpaired) electrons. The number of rotatable bonds is 7. The Labute approximate surface area is 262 Å². The predicted molar refractivity (Wildman–Crippen MR) is 166 cm³/mol. The topological polar surface area (TPSA) is 94.7 Å². The highest BCUT2D eigenvalue weighted by molar-refractivity contribution is 6.36. The van der Waals surface area contributed by atoms with E-state index in [0.29, 0.717) is 44.6 Å². The van der Waals surface area contributed by atoms with Gasteiger partial charge in [-0.15, -0.1) is 5.10 Å². The lowest BCUT2D eigenvalue weighted by molar-refractivity contribution is 0.0503. The molecule has 12 heteroatoms. The fraction of sp³-hybridized carbons (Fsp3) is 0.250. The standard InChI is InChI=1S/C32H26Cl2F2N8/c33-25-12-22(5-6-27(25)36)39-30-20(14-37)15-38-32-24(30)11-23(13-26(32)34)40-31(19-1-3-21(35)4-2-19)28-16-44(42-41-28)29-17-43-9-7-18(29)8-10-43/h1-6,11-13,15-16,18,29,31,40H,7-10,17H2,(H,38,39)/t29?,31-/m0/s1. The monoisotopic (exact) mass is 630 g/mol. The molecule has 8 nitrogen and oxygen atoms in total. The number of piperidine rings is 3. The number of benzene rings is 3. The quantitative estimate of drug-likeness (QED) is 0.192. The molecule has 44 heavy (non-hydrogen) atoms. The van der Waals surface area contributed by atoms with Gasteiger partial charge in [-0.3, -0.25) is 4.98 Å². The van der Waals surface area contributed by atoms with Crippen LogP contribution in [-0.4, -0.2) is 44.5 Å². The Bertz CT molecular complexity index is 1900. The van der Waals surface area contributed by atoms with Gasteiger partial charge in [-0.1, -0.05) is 40.5 Å². The molecular formula is C32H26Cl2F2N8. The minimum atomic E-state index is -0.552. The van der Waals surface area contributed by atoms with E-state index in [1.165, 1.54) is 36.5 Å². The first-order chi connectivity index (χ1) is 21.4. The third-order valence-corrected chi connectivity index (χ3v) is 9.11. The smallest absolute Gasteiger partial charge is 0.141 e. The first-order valence-corrected chi connectivity index (χ1v) is 15.0. The molecule has 3 fully saturated rings. The van der Waals surface area contributed by atoms with Gasteiger partial charge in [0, 0.05) is 29.5 Å². The van der Waals surface area contributed by atoms with Crippen LogP contribution in [0.1, 0.15) is 41.7 Å². The molecule has 3 aliphatic heterocycles. The number of halogens is 4. The van der Waals surface area contributed by atoms with Gasteiger partial charge in [0.05, 0.1) is 45.1 Å². The summed E-state index contributed by atoms with van der Waals surface area (Å²) in [6.45, 7) is 3.20. The van der Waals surface area contributed by atoms with Crippen molar-refractivity contribution in [2.75, 3.05) is 30.3 Å². The van der Waals surface area contributed by atoms with E-state index in [1.54, 1.807) is 18.2 Å². The van der Waals surface area contributed by atoms with E-state index in [-0.39, 0.29) is 22.4 Å². The molecule has 0 spiro atoms. The molecule has 8 rings (SSSR count). The van der Waals surface area contributed by atoms with Gasteiger partial charge in [-0.05, 0) is 79.9 Å². The Hall–Kier alpha value is -4.30. The van der Waals surface area contributed by atoms with Crippen molar-refractivity contribution >= 4 is 51.2 Å². The van der Waals surface area contributed by atoms with E-state index in [4.69, 9.17) is 23.2 Å². The van der Waals surface area contributed by atoms with Gasteiger partial charge in [0.25, 0.3) is 0 Å². The second-order valence-corrected chi connectivity index (χ2v) is 12.0. The van der Waals surface area contributed by atoms with Crippen molar-refractivity contribution in [1.82, 2.24) is 24.9 Å². The molecule has 0 amide bonds. The SMILES string of the molecule is N#Cc1cnc2c(Cl)cc(N[C@@H](c3ccc(F)cc3)c3cn(C4CN5CCC4CC5)nn3)cc2c1Nc1ccc(F)c(Cl)c1. The highest BCUT2D eigenvalue weighted by atomic mass is 35.5. The maximum Gasteiger partial charge on any atom is 0.141 e. The molecular weight excluding hydrogens is 605 g/mol. The predicted octanol–water partition coefficient (Wildman–Crippen LogP) is 7.49. The number of nitriles is 1. The van der Waals surface area contributed by atoms with Crippen LogP contribution in [0.2, 0.25) is 10.0 Å². The van der Waals surface area contributed by atoms with Crippen molar-refractivity contribution in [3.63, 3.8) is 0 Å². The number of pyridine rings is 1. The van der Waals surface area contributed by atoms with Crippen LogP contribution in [0.5, 0.6) is 0 Å². The number of aromatic nitrogens is 4. The summed E-state index contributed by atoms with van der Waals surface area (Å²) in [5, 5.41) is 26.6. The van der Waals surface area contributed by atoms with E-state index in [2.05, 4.69) is 36.9 Å². The molecule has 2 atom stereocenters. The number of nitrogens with one attached hydrogen (secondary N) is 2. The minimum absolute atomic E-state index is 0.0549. The van der Waals surface area contributed by atoms with E-state index in [0.717, 1.165) is 38.0 Å². The van der Waals surface area contributed by atoms with E-state index in [1.807, 2.05) is 16.9 Å². The van der Waals surface area contributed by atoms with Crippen molar-refractivity contribution in [2.24, 2.45) is 5.92 Å². The van der Waals surface area contributed by atoms with Crippen LogP contribution in [-0.2, 0) is 0 Å². The number of fused-ring (bicyclic) bond motifs is 4. The third-order valence-electron chi connectivity index (χ3n) is 8.53. The molecule has 2 bridgehead atoms. The number of hydrogen-bond donors (Lipinski definition) is 2. The molecule has 0 aliphatic carbocycles. The van der Waals surface area contributed by atoms with Gasteiger partial charge in [0.15, 0.2) is 0 Å². The fourth-order valence-corrected chi connectivity index (χ4v) is 6.70. The molecule has 3 aromatic carbocycles. The van der Waals surface area contributed by atoms with Gasteiger partial charge in [0.1, 0.15) is 23.4 Å². The number of anilines is 3. The summed E-state index contributed by atoms with van der Waals surface area (Å²) < 4.78 is 29.7. The van der Waals surface area contributed by atoms with Crippen LogP contribution >= 0.6 is 23.2 Å². The molecule has 3 saturated heterocycles. The Morgan fingerprint density at radius 1 is 0.977 bits per heavy atom. The summed E-state index contributed by atoms with van der Waals surface area (Å²) in [4.78, 5) is 6.89. The zero-order valence-electron chi connectivity index (χ0n) is 23.3. The summed E-state index contributed by atoms with van der Waals surface area (Å²) in [7, 11) is 0. The lowest BCUT2D eigenvalue weighted by atomic mass is 9.84. The maximum absolute atomic E-state index is 13.9. The molecule has 2 N–H and O–H groups in total. The van der Waals surface area contributed by atoms with Crippen LogP contribution in [0.15, 0.2) is 67.0 Å². The van der Waals surface area contributed by atoms with Crippen molar-refractivity contribution in [1.29, 1.82) is 5.26 Å². The van der Waals surface area contributed by atoms with Crippen molar-refractivity contribution in [2.45, 2.75) is 24.9 Å². The first-order valence-electron chi connectivity index (χ1n) is 14.3. The molecule has 3 aliphatic rings. The maximum atomic E-state index is 13.9. The number of hydrogen-bond acceptors (Lipinski definition) is 7. The normalized spacial score (nSPS) is 19.9. The van der Waals surface area contributed by atoms with Crippen LogP contribution in [0.4, 0.5) is 25.8 Å². The van der Waals surface area contributed by atoms with Gasteiger partial charge in [-0.25, -0.2) is 13.5 Å². The van der Waals surface area contributed by atoms with Crippen LogP contribution in [0, 0.1) is 28.9 Å². The summed E-state index contributed by atoms with van der Waals surface area (Å²) in [5.41, 5.74) is 3.74. The second-order valence-electron chi connectivity index (χ2n) is 11.2. The highest BCUT2D eigenvalue weighted by Gasteiger charge is 2.36.